The molecule has 0 aromatic heterocycles. The van der Waals surface area contributed by atoms with Crippen molar-refractivity contribution in [1.82, 2.24) is 0 Å². The van der Waals surface area contributed by atoms with E-state index in [1.165, 1.54) is 0 Å². The van der Waals surface area contributed by atoms with Gasteiger partial charge in [0.1, 0.15) is 5.75 Å². The average Bonchev–Trinajstić information content (AvgIpc) is 2.76. The predicted molar refractivity (Wildman–Crippen MR) is 91.9 cm³/mol. The first-order chi connectivity index (χ1) is 11.0. The van der Waals surface area contributed by atoms with Crippen LogP contribution in [0.2, 0.25) is 0 Å². The third-order valence-electron chi connectivity index (χ3n) is 3.96. The topological polar surface area (TPSA) is 49.8 Å². The van der Waals surface area contributed by atoms with Gasteiger partial charge in [0.15, 0.2) is 0 Å². The molecule has 1 heterocycles. The van der Waals surface area contributed by atoms with Gasteiger partial charge in [0.2, 0.25) is 0 Å². The van der Waals surface area contributed by atoms with E-state index in [1.807, 2.05) is 32.3 Å². The SMILES string of the molecule is CN(C)c1ccc(-c2ccc3c(c2)C=C(C(=O)O)CCO3)cc1. The Bertz CT molecular complexity index is 761. The first-order valence-electron chi connectivity index (χ1n) is 7.53. The lowest BCUT2D eigenvalue weighted by Crippen LogP contribution is -2.07. The molecule has 0 saturated heterocycles. The molecule has 0 bridgehead atoms. The van der Waals surface area contributed by atoms with Crippen molar-refractivity contribution in [3.8, 4) is 16.9 Å². The lowest BCUT2D eigenvalue weighted by molar-refractivity contribution is -0.132. The number of anilines is 1. The summed E-state index contributed by atoms with van der Waals surface area (Å²) < 4.78 is 5.65. The van der Waals surface area contributed by atoms with Gasteiger partial charge in [-0.25, -0.2) is 4.79 Å². The standard InChI is InChI=1S/C19H19NO3/c1-20(2)17-6-3-13(4-7-17)14-5-8-18-16(11-14)12-15(19(21)22)9-10-23-18/h3-8,11-12H,9-10H2,1-2H3,(H,21,22). The molecule has 0 atom stereocenters. The summed E-state index contributed by atoms with van der Waals surface area (Å²) in [5.74, 6) is -0.155. The van der Waals surface area contributed by atoms with E-state index in [9.17, 15) is 9.90 Å². The number of fused-ring (bicyclic) bond motifs is 1. The molecule has 23 heavy (non-hydrogen) atoms. The van der Waals surface area contributed by atoms with Gasteiger partial charge in [-0.3, -0.25) is 0 Å². The molecular weight excluding hydrogens is 290 g/mol. The van der Waals surface area contributed by atoms with E-state index in [0.717, 1.165) is 28.1 Å². The second kappa shape index (κ2) is 6.16. The summed E-state index contributed by atoms with van der Waals surface area (Å²) in [4.78, 5) is 13.3. The maximum absolute atomic E-state index is 11.2. The van der Waals surface area contributed by atoms with Crippen molar-refractivity contribution in [2.45, 2.75) is 6.42 Å². The van der Waals surface area contributed by atoms with Crippen LogP contribution in [0.4, 0.5) is 5.69 Å². The number of rotatable bonds is 3. The van der Waals surface area contributed by atoms with Crippen molar-refractivity contribution in [2.24, 2.45) is 0 Å². The summed E-state index contributed by atoms with van der Waals surface area (Å²) in [6, 6.07) is 14.2. The Balaban J connectivity index is 1.99. The summed E-state index contributed by atoms with van der Waals surface area (Å²) in [6.07, 6.45) is 2.12. The number of ether oxygens (including phenoxy) is 1. The summed E-state index contributed by atoms with van der Waals surface area (Å²) in [6.45, 7) is 0.391. The second-order valence-corrected chi connectivity index (χ2v) is 5.77. The molecule has 118 valence electrons. The highest BCUT2D eigenvalue weighted by Gasteiger charge is 2.15. The number of carboxylic acid groups (broad SMARTS) is 1. The van der Waals surface area contributed by atoms with Gasteiger partial charge in [0.05, 0.1) is 6.61 Å². The summed E-state index contributed by atoms with van der Waals surface area (Å²) in [5.41, 5.74) is 4.46. The van der Waals surface area contributed by atoms with Gasteiger partial charge in [-0.2, -0.15) is 0 Å². The first-order valence-corrected chi connectivity index (χ1v) is 7.53. The van der Waals surface area contributed by atoms with E-state index in [0.29, 0.717) is 18.6 Å². The fraction of sp³-hybridized carbons (Fsp3) is 0.211. The van der Waals surface area contributed by atoms with Crippen LogP contribution in [0, 0.1) is 0 Å². The summed E-state index contributed by atoms with van der Waals surface area (Å²) in [7, 11) is 4.01. The van der Waals surface area contributed by atoms with Crippen LogP contribution >= 0.6 is 0 Å². The molecule has 2 aromatic carbocycles. The fourth-order valence-corrected chi connectivity index (χ4v) is 2.62. The van der Waals surface area contributed by atoms with Gasteiger partial charge >= 0.3 is 5.97 Å². The Morgan fingerprint density at radius 1 is 1.09 bits per heavy atom. The van der Waals surface area contributed by atoms with Crippen molar-refractivity contribution in [3.63, 3.8) is 0 Å². The van der Waals surface area contributed by atoms with Crippen LogP contribution in [0.5, 0.6) is 5.75 Å². The average molecular weight is 309 g/mol. The Labute approximate surface area is 135 Å². The van der Waals surface area contributed by atoms with Crippen LogP contribution in [-0.4, -0.2) is 31.8 Å². The highest BCUT2D eigenvalue weighted by atomic mass is 16.5. The highest BCUT2D eigenvalue weighted by molar-refractivity contribution is 5.93. The molecule has 0 aliphatic carbocycles. The normalized spacial score (nSPS) is 13.4. The molecule has 4 heteroatoms. The summed E-state index contributed by atoms with van der Waals surface area (Å²) in [5, 5.41) is 9.23. The largest absolute Gasteiger partial charge is 0.493 e. The van der Waals surface area contributed by atoms with Crippen LogP contribution in [0.25, 0.3) is 17.2 Å². The van der Waals surface area contributed by atoms with Gasteiger partial charge in [-0.1, -0.05) is 18.2 Å². The predicted octanol–water partition coefficient (Wildman–Crippen LogP) is 3.67. The molecule has 3 rings (SSSR count). The van der Waals surface area contributed by atoms with E-state index in [-0.39, 0.29) is 0 Å². The van der Waals surface area contributed by atoms with E-state index in [2.05, 4.69) is 29.2 Å². The van der Waals surface area contributed by atoms with Gasteiger partial charge < -0.3 is 14.7 Å². The molecule has 1 N–H and O–H groups in total. The smallest absolute Gasteiger partial charge is 0.331 e. The van der Waals surface area contributed by atoms with Gasteiger partial charge in [-0.15, -0.1) is 0 Å². The van der Waals surface area contributed by atoms with Crippen molar-refractivity contribution >= 4 is 17.7 Å². The number of benzene rings is 2. The molecular formula is C19H19NO3. The van der Waals surface area contributed by atoms with Crippen LogP contribution in [0.1, 0.15) is 12.0 Å². The highest BCUT2D eigenvalue weighted by Crippen LogP contribution is 2.31. The number of carboxylic acids is 1. The maximum Gasteiger partial charge on any atom is 0.331 e. The Kier molecular flexibility index (Phi) is 4.06. The molecule has 2 aromatic rings. The molecule has 1 aliphatic rings. The van der Waals surface area contributed by atoms with Crippen LogP contribution < -0.4 is 9.64 Å². The zero-order chi connectivity index (χ0) is 16.4. The van der Waals surface area contributed by atoms with Gasteiger partial charge in [-0.05, 0) is 41.5 Å². The van der Waals surface area contributed by atoms with Crippen LogP contribution in [0.15, 0.2) is 48.0 Å². The first kappa shape index (κ1) is 15.2. The van der Waals surface area contributed by atoms with E-state index < -0.39 is 5.97 Å². The van der Waals surface area contributed by atoms with Crippen molar-refractivity contribution in [1.29, 1.82) is 0 Å². The molecule has 0 unspecified atom stereocenters. The van der Waals surface area contributed by atoms with Crippen molar-refractivity contribution in [2.75, 3.05) is 25.6 Å². The Hall–Kier alpha value is -2.75. The third-order valence-corrected chi connectivity index (χ3v) is 3.96. The van der Waals surface area contributed by atoms with Crippen molar-refractivity contribution < 1.29 is 14.6 Å². The Morgan fingerprint density at radius 3 is 2.43 bits per heavy atom. The zero-order valence-corrected chi connectivity index (χ0v) is 13.2. The molecule has 0 fully saturated rings. The van der Waals surface area contributed by atoms with E-state index >= 15 is 0 Å². The number of aliphatic carboxylic acids is 1. The molecule has 0 amide bonds. The number of hydrogen-bond acceptors (Lipinski definition) is 3. The maximum atomic E-state index is 11.2. The number of hydrogen-bond donors (Lipinski definition) is 1. The second-order valence-electron chi connectivity index (χ2n) is 5.77. The van der Waals surface area contributed by atoms with Gasteiger partial charge in [0, 0.05) is 37.3 Å². The molecule has 0 spiro atoms. The molecule has 0 saturated carbocycles. The molecule has 4 nitrogen and oxygen atoms in total. The number of carbonyl (C=O) groups is 1. The van der Waals surface area contributed by atoms with Crippen LogP contribution in [-0.2, 0) is 4.79 Å². The quantitative estimate of drug-likeness (QED) is 0.940. The molecule has 0 radical (unpaired) electrons. The fourth-order valence-electron chi connectivity index (χ4n) is 2.62. The van der Waals surface area contributed by atoms with E-state index in [1.54, 1.807) is 6.08 Å². The monoisotopic (exact) mass is 309 g/mol. The number of nitrogens with zero attached hydrogens (tertiary/aromatic N) is 1. The Morgan fingerprint density at radius 2 is 1.78 bits per heavy atom. The third kappa shape index (κ3) is 3.21. The van der Waals surface area contributed by atoms with E-state index in [4.69, 9.17) is 4.74 Å². The van der Waals surface area contributed by atoms with Gasteiger partial charge in [0.25, 0.3) is 0 Å². The molecule has 1 aliphatic heterocycles. The van der Waals surface area contributed by atoms with Crippen LogP contribution in [0.3, 0.4) is 0 Å². The lowest BCUT2D eigenvalue weighted by Gasteiger charge is -2.13. The minimum atomic E-state index is -0.887. The minimum Gasteiger partial charge on any atom is -0.493 e. The zero-order valence-electron chi connectivity index (χ0n) is 13.2. The lowest BCUT2D eigenvalue weighted by atomic mass is 10.0. The summed E-state index contributed by atoms with van der Waals surface area (Å²) >= 11 is 0. The van der Waals surface area contributed by atoms with Crippen molar-refractivity contribution in [3.05, 3.63) is 53.6 Å². The minimum absolute atomic E-state index is 0.379.